The molecular weight excluding hydrogens is 393 g/mol. The fraction of sp³-hybridized carbons (Fsp3) is 0.435. The number of hydrogen-bond donors (Lipinski definition) is 1. The van der Waals surface area contributed by atoms with E-state index < -0.39 is 17.6 Å². The van der Waals surface area contributed by atoms with Crippen LogP contribution in [-0.4, -0.2) is 25.6 Å². The number of rotatable bonds is 7. The molecule has 162 valence electrons. The SMILES string of the molecule is CCC(C)c1ccc(OCC(=O)Nc2cc(C(F)(F)F)ccc2N2CCCC2)cc1. The molecule has 3 rings (SSSR count). The third kappa shape index (κ3) is 5.46. The van der Waals surface area contributed by atoms with E-state index in [1.165, 1.54) is 11.6 Å². The van der Waals surface area contributed by atoms with Gasteiger partial charge in [0.1, 0.15) is 5.75 Å². The molecule has 1 atom stereocenters. The fourth-order valence-electron chi connectivity index (χ4n) is 3.51. The molecule has 30 heavy (non-hydrogen) atoms. The highest BCUT2D eigenvalue weighted by Crippen LogP contribution is 2.36. The lowest BCUT2D eigenvalue weighted by molar-refractivity contribution is -0.137. The first-order chi connectivity index (χ1) is 14.3. The number of hydrogen-bond acceptors (Lipinski definition) is 3. The molecule has 1 saturated heterocycles. The molecule has 2 aromatic carbocycles. The molecule has 1 aliphatic rings. The lowest BCUT2D eigenvalue weighted by Crippen LogP contribution is -2.24. The molecule has 1 aliphatic heterocycles. The quantitative estimate of drug-likeness (QED) is 0.612. The molecule has 7 heteroatoms. The van der Waals surface area contributed by atoms with Gasteiger partial charge >= 0.3 is 6.18 Å². The van der Waals surface area contributed by atoms with Gasteiger partial charge in [-0.3, -0.25) is 4.79 Å². The van der Waals surface area contributed by atoms with Crippen LogP contribution in [0, 0.1) is 0 Å². The van der Waals surface area contributed by atoms with E-state index in [-0.39, 0.29) is 12.3 Å². The molecule has 4 nitrogen and oxygen atoms in total. The van der Waals surface area contributed by atoms with Gasteiger partial charge in [0.05, 0.1) is 16.9 Å². The molecule has 0 bridgehead atoms. The van der Waals surface area contributed by atoms with Crippen LogP contribution in [0.1, 0.15) is 50.2 Å². The van der Waals surface area contributed by atoms with Gasteiger partial charge < -0.3 is 15.0 Å². The first-order valence-electron chi connectivity index (χ1n) is 10.3. The fourth-order valence-corrected chi connectivity index (χ4v) is 3.51. The van der Waals surface area contributed by atoms with Gasteiger partial charge in [0.25, 0.3) is 5.91 Å². The highest BCUT2D eigenvalue weighted by Gasteiger charge is 2.32. The summed E-state index contributed by atoms with van der Waals surface area (Å²) in [4.78, 5) is 14.4. The first kappa shape index (κ1) is 22.0. The summed E-state index contributed by atoms with van der Waals surface area (Å²) in [7, 11) is 0. The van der Waals surface area contributed by atoms with Crippen molar-refractivity contribution in [1.29, 1.82) is 0 Å². The Morgan fingerprint density at radius 1 is 1.13 bits per heavy atom. The molecule has 2 aromatic rings. The maximum Gasteiger partial charge on any atom is 0.416 e. The largest absolute Gasteiger partial charge is 0.484 e. The van der Waals surface area contributed by atoms with Crippen LogP contribution >= 0.6 is 0 Å². The first-order valence-corrected chi connectivity index (χ1v) is 10.3. The van der Waals surface area contributed by atoms with E-state index in [1.54, 1.807) is 12.1 Å². The molecule has 0 aliphatic carbocycles. The van der Waals surface area contributed by atoms with E-state index in [0.29, 0.717) is 17.4 Å². The van der Waals surface area contributed by atoms with Crippen molar-refractivity contribution in [2.45, 2.75) is 45.2 Å². The number of alkyl halides is 3. The second kappa shape index (κ2) is 9.41. The van der Waals surface area contributed by atoms with Gasteiger partial charge in [-0.25, -0.2) is 0 Å². The van der Waals surface area contributed by atoms with Crippen molar-refractivity contribution in [3.05, 3.63) is 53.6 Å². The number of anilines is 2. The van der Waals surface area contributed by atoms with Crippen LogP contribution in [0.25, 0.3) is 0 Å². The Morgan fingerprint density at radius 2 is 1.80 bits per heavy atom. The van der Waals surface area contributed by atoms with Gasteiger partial charge in [-0.2, -0.15) is 13.2 Å². The minimum atomic E-state index is -4.48. The maximum absolute atomic E-state index is 13.1. The van der Waals surface area contributed by atoms with E-state index >= 15 is 0 Å². The molecule has 1 heterocycles. The third-order valence-electron chi connectivity index (χ3n) is 5.48. The number of nitrogens with zero attached hydrogens (tertiary/aromatic N) is 1. The minimum absolute atomic E-state index is 0.160. The summed E-state index contributed by atoms with van der Waals surface area (Å²) in [6.45, 7) is 5.48. The second-order valence-electron chi connectivity index (χ2n) is 7.64. The van der Waals surface area contributed by atoms with Crippen LogP contribution in [0.4, 0.5) is 24.5 Å². The number of carbonyl (C=O) groups is 1. The van der Waals surface area contributed by atoms with Crippen molar-refractivity contribution in [1.82, 2.24) is 0 Å². The monoisotopic (exact) mass is 420 g/mol. The molecular formula is C23H27F3N2O2. The van der Waals surface area contributed by atoms with Crippen molar-refractivity contribution in [2.75, 3.05) is 29.9 Å². The Labute approximate surface area is 175 Å². The van der Waals surface area contributed by atoms with Gasteiger partial charge in [0.2, 0.25) is 0 Å². The predicted molar refractivity (Wildman–Crippen MR) is 112 cm³/mol. The average molecular weight is 420 g/mol. The highest BCUT2D eigenvalue weighted by atomic mass is 19.4. The Balaban J connectivity index is 1.68. The summed E-state index contributed by atoms with van der Waals surface area (Å²) >= 11 is 0. The van der Waals surface area contributed by atoms with Crippen LogP contribution in [0.2, 0.25) is 0 Å². The summed E-state index contributed by atoms with van der Waals surface area (Å²) in [5.41, 5.74) is 1.16. The van der Waals surface area contributed by atoms with E-state index in [1.807, 2.05) is 17.0 Å². The number of nitrogens with one attached hydrogen (secondary N) is 1. The van der Waals surface area contributed by atoms with Crippen molar-refractivity contribution in [2.24, 2.45) is 0 Å². The molecule has 0 aromatic heterocycles. The predicted octanol–water partition coefficient (Wildman–Crippen LogP) is 5.84. The van der Waals surface area contributed by atoms with Crippen molar-refractivity contribution >= 4 is 17.3 Å². The summed E-state index contributed by atoms with van der Waals surface area (Å²) < 4.78 is 45.0. The zero-order valence-electron chi connectivity index (χ0n) is 17.3. The number of carbonyl (C=O) groups excluding carboxylic acids is 1. The number of halogens is 3. The summed E-state index contributed by atoms with van der Waals surface area (Å²) in [5.74, 6) is 0.481. The maximum atomic E-state index is 13.1. The lowest BCUT2D eigenvalue weighted by atomic mass is 9.99. The Bertz CT molecular complexity index is 860. The van der Waals surface area contributed by atoms with Crippen LogP contribution in [-0.2, 0) is 11.0 Å². The standard InChI is InChI=1S/C23H27F3N2O2/c1-3-16(2)17-6-9-19(10-7-17)30-15-22(29)27-20-14-18(23(24,25)26)8-11-21(20)28-12-4-5-13-28/h6-11,14,16H,3-5,12-13,15H2,1-2H3,(H,27,29). The van der Waals surface area contributed by atoms with Gasteiger partial charge in [-0.05, 0) is 61.1 Å². The topological polar surface area (TPSA) is 41.6 Å². The van der Waals surface area contributed by atoms with Crippen LogP contribution < -0.4 is 15.0 Å². The normalized spacial score (nSPS) is 15.2. The van der Waals surface area contributed by atoms with Crippen LogP contribution in [0.15, 0.2) is 42.5 Å². The molecule has 0 spiro atoms. The molecule has 1 unspecified atom stereocenters. The minimum Gasteiger partial charge on any atom is -0.484 e. The average Bonchev–Trinajstić information content (AvgIpc) is 3.26. The van der Waals surface area contributed by atoms with E-state index in [2.05, 4.69) is 19.2 Å². The van der Waals surface area contributed by atoms with Crippen molar-refractivity contribution < 1.29 is 22.7 Å². The van der Waals surface area contributed by atoms with Crippen LogP contribution in [0.5, 0.6) is 5.75 Å². The number of amides is 1. The smallest absolute Gasteiger partial charge is 0.416 e. The molecule has 1 N–H and O–H groups in total. The molecule has 1 fully saturated rings. The Kier molecular flexibility index (Phi) is 6.90. The van der Waals surface area contributed by atoms with E-state index in [9.17, 15) is 18.0 Å². The van der Waals surface area contributed by atoms with Crippen molar-refractivity contribution in [3.63, 3.8) is 0 Å². The second-order valence-corrected chi connectivity index (χ2v) is 7.64. The Morgan fingerprint density at radius 3 is 2.40 bits per heavy atom. The van der Waals surface area contributed by atoms with E-state index in [0.717, 1.165) is 44.5 Å². The Hall–Kier alpha value is -2.70. The van der Waals surface area contributed by atoms with Gasteiger partial charge in [0.15, 0.2) is 6.61 Å². The van der Waals surface area contributed by atoms with E-state index in [4.69, 9.17) is 4.74 Å². The summed E-state index contributed by atoms with van der Waals surface area (Å²) in [5, 5.41) is 2.60. The lowest BCUT2D eigenvalue weighted by Gasteiger charge is -2.23. The van der Waals surface area contributed by atoms with Crippen molar-refractivity contribution in [3.8, 4) is 5.75 Å². The molecule has 0 radical (unpaired) electrons. The van der Waals surface area contributed by atoms with Gasteiger partial charge in [0, 0.05) is 13.1 Å². The summed E-state index contributed by atoms with van der Waals surface area (Å²) in [6.07, 6.45) is -1.50. The summed E-state index contributed by atoms with van der Waals surface area (Å²) in [6, 6.07) is 11.0. The van der Waals surface area contributed by atoms with Gasteiger partial charge in [-0.1, -0.05) is 26.0 Å². The molecule has 0 saturated carbocycles. The zero-order chi connectivity index (χ0) is 21.7. The highest BCUT2D eigenvalue weighted by molar-refractivity contribution is 5.95. The molecule has 1 amide bonds. The van der Waals surface area contributed by atoms with Gasteiger partial charge in [-0.15, -0.1) is 0 Å². The van der Waals surface area contributed by atoms with Crippen LogP contribution in [0.3, 0.4) is 0 Å². The number of ether oxygens (including phenoxy) is 1. The number of benzene rings is 2. The zero-order valence-corrected chi connectivity index (χ0v) is 17.3. The third-order valence-corrected chi connectivity index (χ3v) is 5.48.